The highest BCUT2D eigenvalue weighted by Crippen LogP contribution is 2.32. The SMILES string of the molecule is NC(=O)c1c(F)ccc2[nH]c(C3CCCCN3C(=O)OCc3ccccc3)nc12. The molecule has 29 heavy (non-hydrogen) atoms. The molecule has 0 spiro atoms. The molecule has 1 unspecified atom stereocenters. The van der Waals surface area contributed by atoms with Crippen LogP contribution in [0.1, 0.15) is 47.1 Å². The number of nitrogens with two attached hydrogens (primary N) is 1. The molecule has 0 saturated carbocycles. The Kier molecular flexibility index (Phi) is 5.16. The predicted molar refractivity (Wildman–Crippen MR) is 104 cm³/mol. The quantitative estimate of drug-likeness (QED) is 0.703. The van der Waals surface area contributed by atoms with Gasteiger partial charge in [-0.25, -0.2) is 14.2 Å². The van der Waals surface area contributed by atoms with E-state index in [1.54, 1.807) is 4.90 Å². The third kappa shape index (κ3) is 3.78. The van der Waals surface area contributed by atoms with Crippen LogP contribution in [0.15, 0.2) is 42.5 Å². The van der Waals surface area contributed by atoms with Crippen LogP contribution in [0.4, 0.5) is 9.18 Å². The number of carbonyl (C=O) groups is 2. The van der Waals surface area contributed by atoms with E-state index in [-0.39, 0.29) is 23.7 Å². The fourth-order valence-electron chi connectivity index (χ4n) is 3.70. The Bertz CT molecular complexity index is 1050. The number of nitrogens with zero attached hydrogens (tertiary/aromatic N) is 2. The Hall–Kier alpha value is -3.42. The third-order valence-corrected chi connectivity index (χ3v) is 5.13. The minimum atomic E-state index is -0.881. The Morgan fingerprint density at radius 3 is 2.76 bits per heavy atom. The van der Waals surface area contributed by atoms with Crippen LogP contribution < -0.4 is 5.73 Å². The van der Waals surface area contributed by atoms with Gasteiger partial charge in [0.05, 0.1) is 11.6 Å². The smallest absolute Gasteiger partial charge is 0.410 e. The number of hydrogen-bond acceptors (Lipinski definition) is 4. The van der Waals surface area contributed by atoms with Crippen LogP contribution in [0.2, 0.25) is 0 Å². The van der Waals surface area contributed by atoms with E-state index in [9.17, 15) is 14.0 Å². The number of aromatic nitrogens is 2. The summed E-state index contributed by atoms with van der Waals surface area (Å²) in [6, 6.07) is 11.8. The molecule has 4 rings (SSSR count). The monoisotopic (exact) mass is 396 g/mol. The van der Waals surface area contributed by atoms with Crippen molar-refractivity contribution in [1.82, 2.24) is 14.9 Å². The summed E-state index contributed by atoms with van der Waals surface area (Å²) in [6.07, 6.45) is 2.04. The van der Waals surface area contributed by atoms with Crippen molar-refractivity contribution < 1.29 is 18.7 Å². The van der Waals surface area contributed by atoms with E-state index in [4.69, 9.17) is 10.5 Å². The zero-order valence-electron chi connectivity index (χ0n) is 15.7. The summed E-state index contributed by atoms with van der Waals surface area (Å²) < 4.78 is 19.5. The summed E-state index contributed by atoms with van der Waals surface area (Å²) >= 11 is 0. The van der Waals surface area contributed by atoms with Crippen LogP contribution in [-0.2, 0) is 11.3 Å². The van der Waals surface area contributed by atoms with E-state index in [1.807, 2.05) is 30.3 Å². The Morgan fingerprint density at radius 1 is 1.21 bits per heavy atom. The number of carbonyl (C=O) groups excluding carboxylic acids is 2. The van der Waals surface area contributed by atoms with E-state index < -0.39 is 17.8 Å². The number of aromatic amines is 1. The van der Waals surface area contributed by atoms with Gasteiger partial charge in [-0.3, -0.25) is 9.69 Å². The summed E-state index contributed by atoms with van der Waals surface area (Å²) in [5.41, 5.74) is 6.65. The standard InChI is InChI=1S/C21H21FN4O3/c22-14-9-10-15-18(17(14)19(23)27)25-20(24-15)16-8-4-5-11-26(16)21(28)29-12-13-6-2-1-3-7-13/h1-3,6-7,9-10,16H,4-5,8,11-12H2,(H2,23,27)(H,24,25). The highest BCUT2D eigenvalue weighted by atomic mass is 19.1. The molecule has 3 N–H and O–H groups in total. The number of ether oxygens (including phenoxy) is 1. The van der Waals surface area contributed by atoms with Gasteiger partial charge in [0.1, 0.15) is 29.3 Å². The lowest BCUT2D eigenvalue weighted by molar-refractivity contribution is 0.0661. The number of hydrogen-bond donors (Lipinski definition) is 2. The van der Waals surface area contributed by atoms with Crippen LogP contribution in [-0.4, -0.2) is 33.4 Å². The minimum absolute atomic E-state index is 0.177. The van der Waals surface area contributed by atoms with Crippen LogP contribution in [0.5, 0.6) is 0 Å². The molecule has 1 aliphatic rings. The maximum Gasteiger partial charge on any atom is 0.410 e. The average molecular weight is 396 g/mol. The molecule has 1 atom stereocenters. The van der Waals surface area contributed by atoms with Crippen molar-refractivity contribution >= 4 is 23.0 Å². The van der Waals surface area contributed by atoms with Gasteiger partial charge in [0.15, 0.2) is 0 Å². The Balaban J connectivity index is 1.59. The van der Waals surface area contributed by atoms with Gasteiger partial charge in [-0.2, -0.15) is 0 Å². The number of halogens is 1. The highest BCUT2D eigenvalue weighted by Gasteiger charge is 2.32. The molecule has 1 aromatic heterocycles. The molecule has 8 heteroatoms. The van der Waals surface area contributed by atoms with E-state index in [2.05, 4.69) is 9.97 Å². The van der Waals surface area contributed by atoms with Crippen molar-refractivity contribution in [3.8, 4) is 0 Å². The second kappa shape index (κ2) is 7.90. The first-order valence-electron chi connectivity index (χ1n) is 9.50. The number of H-pyrrole nitrogens is 1. The number of fused-ring (bicyclic) bond motifs is 1. The molecule has 0 aliphatic carbocycles. The molecule has 1 aliphatic heterocycles. The second-order valence-corrected chi connectivity index (χ2v) is 7.05. The van der Waals surface area contributed by atoms with Gasteiger partial charge in [0, 0.05) is 6.54 Å². The fraction of sp³-hybridized carbons (Fsp3) is 0.286. The molecule has 0 radical (unpaired) electrons. The van der Waals surface area contributed by atoms with Crippen LogP contribution >= 0.6 is 0 Å². The van der Waals surface area contributed by atoms with Crippen molar-refractivity contribution in [2.45, 2.75) is 31.9 Å². The topological polar surface area (TPSA) is 101 Å². The molecule has 0 bridgehead atoms. The van der Waals surface area contributed by atoms with Gasteiger partial charge in [0.2, 0.25) is 0 Å². The van der Waals surface area contributed by atoms with Crippen LogP contribution in [0.25, 0.3) is 11.0 Å². The van der Waals surface area contributed by atoms with Gasteiger partial charge in [-0.1, -0.05) is 30.3 Å². The third-order valence-electron chi connectivity index (χ3n) is 5.13. The number of amides is 2. The predicted octanol–water partition coefficient (Wildman–Crippen LogP) is 3.66. The summed E-state index contributed by atoms with van der Waals surface area (Å²) in [5, 5.41) is 0. The fourth-order valence-corrected chi connectivity index (χ4v) is 3.70. The van der Waals surface area contributed by atoms with Crippen molar-refractivity contribution in [3.05, 3.63) is 65.2 Å². The highest BCUT2D eigenvalue weighted by molar-refractivity contribution is 6.04. The molecule has 7 nitrogen and oxygen atoms in total. The first kappa shape index (κ1) is 18.9. The van der Waals surface area contributed by atoms with Gasteiger partial charge in [-0.05, 0) is 37.0 Å². The molecule has 3 aromatic rings. The minimum Gasteiger partial charge on any atom is -0.445 e. The maximum atomic E-state index is 14.0. The number of piperidine rings is 1. The molecule has 150 valence electrons. The average Bonchev–Trinajstić information content (AvgIpc) is 3.16. The lowest BCUT2D eigenvalue weighted by atomic mass is 10.0. The first-order valence-corrected chi connectivity index (χ1v) is 9.50. The zero-order chi connectivity index (χ0) is 20.4. The Labute approximate surface area is 166 Å². The molecule has 2 aromatic carbocycles. The number of nitrogens with one attached hydrogen (secondary N) is 1. The first-order chi connectivity index (χ1) is 14.0. The van der Waals surface area contributed by atoms with Crippen LogP contribution in [0.3, 0.4) is 0 Å². The van der Waals surface area contributed by atoms with Gasteiger partial charge >= 0.3 is 6.09 Å². The lowest BCUT2D eigenvalue weighted by Crippen LogP contribution is -2.39. The molecular formula is C21H21FN4O3. The number of imidazole rings is 1. The van der Waals surface area contributed by atoms with Gasteiger partial charge < -0.3 is 15.5 Å². The van der Waals surface area contributed by atoms with Crippen molar-refractivity contribution in [2.75, 3.05) is 6.54 Å². The molecule has 2 heterocycles. The largest absolute Gasteiger partial charge is 0.445 e. The summed E-state index contributed by atoms with van der Waals surface area (Å²) in [5.74, 6) is -1.11. The molecule has 1 fully saturated rings. The maximum absolute atomic E-state index is 14.0. The molecule has 1 saturated heterocycles. The normalized spacial score (nSPS) is 16.7. The number of primary amides is 1. The summed E-state index contributed by atoms with van der Waals surface area (Å²) in [7, 11) is 0. The van der Waals surface area contributed by atoms with Gasteiger partial charge in [-0.15, -0.1) is 0 Å². The van der Waals surface area contributed by atoms with Crippen molar-refractivity contribution in [3.63, 3.8) is 0 Å². The lowest BCUT2D eigenvalue weighted by Gasteiger charge is -2.33. The van der Waals surface area contributed by atoms with E-state index >= 15 is 0 Å². The van der Waals surface area contributed by atoms with E-state index in [0.29, 0.717) is 24.3 Å². The van der Waals surface area contributed by atoms with E-state index in [0.717, 1.165) is 18.4 Å². The van der Waals surface area contributed by atoms with Crippen molar-refractivity contribution in [2.24, 2.45) is 5.73 Å². The van der Waals surface area contributed by atoms with Crippen LogP contribution in [0, 0.1) is 5.82 Å². The number of likely N-dealkylation sites (tertiary alicyclic amines) is 1. The van der Waals surface area contributed by atoms with E-state index in [1.165, 1.54) is 12.1 Å². The second-order valence-electron chi connectivity index (χ2n) is 7.05. The Morgan fingerprint density at radius 2 is 2.00 bits per heavy atom. The number of rotatable bonds is 4. The zero-order valence-corrected chi connectivity index (χ0v) is 15.7. The molecule has 2 amide bonds. The number of benzene rings is 2. The van der Waals surface area contributed by atoms with Gasteiger partial charge in [0.25, 0.3) is 5.91 Å². The molecular weight excluding hydrogens is 375 g/mol. The van der Waals surface area contributed by atoms with Crippen molar-refractivity contribution in [1.29, 1.82) is 0 Å². The summed E-state index contributed by atoms with van der Waals surface area (Å²) in [4.78, 5) is 33.5. The summed E-state index contributed by atoms with van der Waals surface area (Å²) in [6.45, 7) is 0.715.